The summed E-state index contributed by atoms with van der Waals surface area (Å²) in [7, 11) is 0. The van der Waals surface area contributed by atoms with Gasteiger partial charge >= 0.3 is 0 Å². The second-order valence-corrected chi connectivity index (χ2v) is 4.70. The molecular formula is C16H15FN4. The highest BCUT2D eigenvalue weighted by Crippen LogP contribution is 2.26. The van der Waals surface area contributed by atoms with Crippen LogP contribution in [-0.2, 0) is 0 Å². The van der Waals surface area contributed by atoms with E-state index < -0.39 is 0 Å². The van der Waals surface area contributed by atoms with Gasteiger partial charge < -0.3 is 5.32 Å². The first kappa shape index (κ1) is 13.6. The van der Waals surface area contributed by atoms with Crippen molar-refractivity contribution < 1.29 is 4.39 Å². The summed E-state index contributed by atoms with van der Waals surface area (Å²) in [5, 5.41) is 3.36. The lowest BCUT2D eigenvalue weighted by molar-refractivity contribution is 0.597. The monoisotopic (exact) mass is 282 g/mol. The zero-order valence-corrected chi connectivity index (χ0v) is 11.6. The van der Waals surface area contributed by atoms with E-state index in [1.807, 2.05) is 25.1 Å². The van der Waals surface area contributed by atoms with Crippen LogP contribution in [0.25, 0.3) is 11.0 Å². The van der Waals surface area contributed by atoms with Crippen LogP contribution in [-0.4, -0.2) is 21.5 Å². The third-order valence-corrected chi connectivity index (χ3v) is 3.31. The number of nitrogens with zero attached hydrogens (tertiary/aromatic N) is 3. The van der Waals surface area contributed by atoms with Gasteiger partial charge in [0.2, 0.25) is 0 Å². The molecule has 4 nitrogen and oxygen atoms in total. The Bertz CT molecular complexity index is 755. The predicted molar refractivity (Wildman–Crippen MR) is 79.3 cm³/mol. The molecule has 0 fully saturated rings. The lowest BCUT2D eigenvalue weighted by Crippen LogP contribution is -2.22. The second kappa shape index (κ2) is 5.93. The Morgan fingerprint density at radius 2 is 2.05 bits per heavy atom. The van der Waals surface area contributed by atoms with Crippen LogP contribution in [0.5, 0.6) is 0 Å². The Labute approximate surface area is 122 Å². The van der Waals surface area contributed by atoms with Crippen molar-refractivity contribution in [3.63, 3.8) is 0 Å². The smallest absolute Gasteiger partial charge is 0.141 e. The van der Waals surface area contributed by atoms with Crippen molar-refractivity contribution in [2.24, 2.45) is 0 Å². The first-order valence-corrected chi connectivity index (χ1v) is 6.83. The zero-order valence-electron chi connectivity index (χ0n) is 11.6. The summed E-state index contributed by atoms with van der Waals surface area (Å²) in [6.45, 7) is 2.76. The summed E-state index contributed by atoms with van der Waals surface area (Å²) in [5.41, 5.74) is 3.38. The molecule has 1 aromatic carbocycles. The molecule has 1 N–H and O–H groups in total. The van der Waals surface area contributed by atoms with Crippen molar-refractivity contribution in [3.8, 4) is 0 Å². The van der Waals surface area contributed by atoms with Crippen LogP contribution in [0.2, 0.25) is 0 Å². The van der Waals surface area contributed by atoms with Gasteiger partial charge in [0.1, 0.15) is 5.82 Å². The number of pyridine rings is 1. The predicted octanol–water partition coefficient (Wildman–Crippen LogP) is 2.86. The van der Waals surface area contributed by atoms with Gasteiger partial charge in [-0.15, -0.1) is 0 Å². The maximum absolute atomic E-state index is 13.5. The molecule has 3 aromatic rings. The number of nitrogens with one attached hydrogen (secondary N) is 1. The standard InChI is InChI=1S/C16H15FN4/c1-2-19-15(11-8-12(17)10-18-9-11)13-4-3-5-14-16(13)21-7-6-20-14/h3-10,15,19H,2H2,1H3. The van der Waals surface area contributed by atoms with E-state index in [9.17, 15) is 4.39 Å². The minimum absolute atomic E-state index is 0.168. The van der Waals surface area contributed by atoms with Gasteiger partial charge in [0.05, 0.1) is 23.3 Å². The number of halogens is 1. The fourth-order valence-electron chi connectivity index (χ4n) is 2.45. The zero-order chi connectivity index (χ0) is 14.7. The summed E-state index contributed by atoms with van der Waals surface area (Å²) in [6.07, 6.45) is 6.21. The minimum atomic E-state index is -0.346. The Hall–Kier alpha value is -2.40. The average Bonchev–Trinajstić information content (AvgIpc) is 2.52. The SMILES string of the molecule is CCNC(c1cncc(F)c1)c1cccc2nccnc12. The number of hydrogen-bond acceptors (Lipinski definition) is 4. The molecule has 106 valence electrons. The quantitative estimate of drug-likeness (QED) is 0.799. The van der Waals surface area contributed by atoms with Crippen molar-refractivity contribution in [2.75, 3.05) is 6.54 Å². The molecule has 0 saturated carbocycles. The molecule has 0 aliphatic rings. The van der Waals surface area contributed by atoms with Gasteiger partial charge in [0.25, 0.3) is 0 Å². The van der Waals surface area contributed by atoms with Crippen LogP contribution in [0.1, 0.15) is 24.1 Å². The molecule has 0 spiro atoms. The Morgan fingerprint density at radius 1 is 1.19 bits per heavy atom. The highest BCUT2D eigenvalue weighted by Gasteiger charge is 2.17. The molecule has 2 aromatic heterocycles. The van der Waals surface area contributed by atoms with Gasteiger partial charge in [0.15, 0.2) is 0 Å². The van der Waals surface area contributed by atoms with E-state index in [0.29, 0.717) is 0 Å². The number of fused-ring (bicyclic) bond motifs is 1. The summed E-state index contributed by atoms with van der Waals surface area (Å²) in [5.74, 6) is -0.346. The summed E-state index contributed by atoms with van der Waals surface area (Å²) >= 11 is 0. The molecule has 0 bridgehead atoms. The second-order valence-electron chi connectivity index (χ2n) is 4.70. The molecule has 0 aliphatic carbocycles. The fraction of sp³-hybridized carbons (Fsp3) is 0.188. The average molecular weight is 282 g/mol. The molecule has 2 heterocycles. The van der Waals surface area contributed by atoms with Gasteiger partial charge in [-0.25, -0.2) is 4.39 Å². The van der Waals surface area contributed by atoms with Crippen molar-refractivity contribution in [2.45, 2.75) is 13.0 Å². The van der Waals surface area contributed by atoms with Gasteiger partial charge in [-0.2, -0.15) is 0 Å². The van der Waals surface area contributed by atoms with E-state index in [4.69, 9.17) is 0 Å². The van der Waals surface area contributed by atoms with Crippen LogP contribution >= 0.6 is 0 Å². The molecule has 3 rings (SSSR count). The van der Waals surface area contributed by atoms with E-state index in [1.54, 1.807) is 18.6 Å². The largest absolute Gasteiger partial charge is 0.306 e. The Morgan fingerprint density at radius 3 is 2.86 bits per heavy atom. The lowest BCUT2D eigenvalue weighted by atomic mass is 9.98. The molecule has 0 radical (unpaired) electrons. The molecule has 0 amide bonds. The Kier molecular flexibility index (Phi) is 3.83. The molecule has 5 heteroatoms. The molecule has 1 atom stereocenters. The van der Waals surface area contributed by atoms with E-state index >= 15 is 0 Å². The lowest BCUT2D eigenvalue weighted by Gasteiger charge is -2.19. The number of rotatable bonds is 4. The first-order valence-electron chi connectivity index (χ1n) is 6.83. The molecular weight excluding hydrogens is 267 g/mol. The maximum atomic E-state index is 13.5. The van der Waals surface area contributed by atoms with Crippen LogP contribution < -0.4 is 5.32 Å². The van der Waals surface area contributed by atoms with E-state index in [1.165, 1.54) is 12.3 Å². The van der Waals surface area contributed by atoms with Crippen molar-refractivity contribution >= 4 is 11.0 Å². The fourth-order valence-corrected chi connectivity index (χ4v) is 2.45. The maximum Gasteiger partial charge on any atom is 0.141 e. The van der Waals surface area contributed by atoms with Gasteiger partial charge in [0, 0.05) is 24.2 Å². The van der Waals surface area contributed by atoms with Gasteiger partial charge in [-0.1, -0.05) is 19.1 Å². The van der Waals surface area contributed by atoms with Crippen molar-refractivity contribution in [1.29, 1.82) is 0 Å². The van der Waals surface area contributed by atoms with Crippen LogP contribution in [0.15, 0.2) is 49.1 Å². The minimum Gasteiger partial charge on any atom is -0.306 e. The first-order chi connectivity index (χ1) is 10.3. The number of aromatic nitrogens is 3. The van der Waals surface area contributed by atoms with Crippen LogP contribution in [0.4, 0.5) is 4.39 Å². The molecule has 0 saturated heterocycles. The topological polar surface area (TPSA) is 50.7 Å². The highest BCUT2D eigenvalue weighted by atomic mass is 19.1. The summed E-state index contributed by atoms with van der Waals surface area (Å²) in [4.78, 5) is 12.7. The number of para-hydroxylation sites is 1. The number of benzene rings is 1. The molecule has 1 unspecified atom stereocenters. The van der Waals surface area contributed by atoms with Crippen molar-refractivity contribution in [1.82, 2.24) is 20.3 Å². The third kappa shape index (κ3) is 2.73. The van der Waals surface area contributed by atoms with E-state index in [2.05, 4.69) is 20.3 Å². The summed E-state index contributed by atoms with van der Waals surface area (Å²) < 4.78 is 13.5. The third-order valence-electron chi connectivity index (χ3n) is 3.31. The van der Waals surface area contributed by atoms with E-state index in [0.717, 1.165) is 28.7 Å². The van der Waals surface area contributed by atoms with Crippen LogP contribution in [0.3, 0.4) is 0 Å². The van der Waals surface area contributed by atoms with Crippen LogP contribution in [0, 0.1) is 5.82 Å². The van der Waals surface area contributed by atoms with E-state index in [-0.39, 0.29) is 11.9 Å². The van der Waals surface area contributed by atoms with Gasteiger partial charge in [-0.05, 0) is 24.2 Å². The van der Waals surface area contributed by atoms with Gasteiger partial charge in [-0.3, -0.25) is 15.0 Å². The highest BCUT2D eigenvalue weighted by molar-refractivity contribution is 5.78. The molecule has 0 aliphatic heterocycles. The number of hydrogen-bond donors (Lipinski definition) is 1. The normalized spacial score (nSPS) is 12.5. The summed E-state index contributed by atoms with van der Waals surface area (Å²) in [6, 6.07) is 7.16. The molecule has 21 heavy (non-hydrogen) atoms. The Balaban J connectivity index is 2.16. The van der Waals surface area contributed by atoms with Crippen molar-refractivity contribution in [3.05, 3.63) is 66.0 Å².